The van der Waals surface area contributed by atoms with Gasteiger partial charge in [0.05, 0.1) is 12.5 Å². The topological polar surface area (TPSA) is 91.3 Å². The van der Waals surface area contributed by atoms with E-state index in [1.54, 1.807) is 0 Å². The highest BCUT2D eigenvalue weighted by Gasteiger charge is 2.44. The Kier molecular flexibility index (Phi) is 5.69. The largest absolute Gasteiger partial charge is 0.488 e. The molecule has 3 fully saturated rings. The highest BCUT2D eigenvalue weighted by atomic mass is 16.5. The van der Waals surface area contributed by atoms with Gasteiger partial charge < -0.3 is 14.7 Å². The lowest BCUT2D eigenvalue weighted by Gasteiger charge is -2.35. The number of hydrogen-bond acceptors (Lipinski definition) is 5. The van der Waals surface area contributed by atoms with Crippen LogP contribution in [0.3, 0.4) is 0 Å². The second-order valence-corrected chi connectivity index (χ2v) is 9.58. The molecule has 7 heteroatoms. The molecule has 5 rings (SSSR count). The Morgan fingerprint density at radius 3 is 2.55 bits per heavy atom. The van der Waals surface area contributed by atoms with Crippen LogP contribution in [0, 0.1) is 18.8 Å². The molecule has 7 nitrogen and oxygen atoms in total. The van der Waals surface area contributed by atoms with Crippen LogP contribution >= 0.6 is 0 Å². The zero-order valence-corrected chi connectivity index (χ0v) is 18.2. The lowest BCUT2D eigenvalue weighted by molar-refractivity contribution is -0.129. The molecular weight excluding hydrogens is 392 g/mol. The van der Waals surface area contributed by atoms with Crippen molar-refractivity contribution in [2.24, 2.45) is 11.8 Å². The Labute approximate surface area is 183 Å². The van der Waals surface area contributed by atoms with Gasteiger partial charge in [0.25, 0.3) is 0 Å². The first-order chi connectivity index (χ1) is 15.0. The van der Waals surface area contributed by atoms with Crippen LogP contribution in [0.4, 0.5) is 0 Å². The minimum absolute atomic E-state index is 0.0582. The average Bonchev–Trinajstić information content (AvgIpc) is 3.50. The Bertz CT molecular complexity index is 906. The van der Waals surface area contributed by atoms with Crippen LogP contribution < -0.4 is 4.74 Å². The number of aliphatic hydroxyl groups is 1. The zero-order valence-electron chi connectivity index (χ0n) is 18.2. The van der Waals surface area contributed by atoms with E-state index in [-0.39, 0.29) is 18.4 Å². The number of aliphatic hydroxyl groups excluding tert-OH is 1. The van der Waals surface area contributed by atoms with Gasteiger partial charge in [0.15, 0.2) is 5.82 Å². The molecule has 1 amide bonds. The minimum Gasteiger partial charge on any atom is -0.488 e. The Hall–Kier alpha value is -2.41. The van der Waals surface area contributed by atoms with Gasteiger partial charge in [-0.05, 0) is 68.1 Å². The van der Waals surface area contributed by atoms with E-state index in [1.807, 2.05) is 11.8 Å². The van der Waals surface area contributed by atoms with Gasteiger partial charge in [0.1, 0.15) is 17.7 Å². The normalized spacial score (nSPS) is 28.6. The Balaban J connectivity index is 1.17. The van der Waals surface area contributed by atoms with E-state index >= 15 is 0 Å². The minimum atomic E-state index is -0.499. The van der Waals surface area contributed by atoms with E-state index in [2.05, 4.69) is 39.4 Å². The third-order valence-electron chi connectivity index (χ3n) is 7.38. The standard InChI is InChI=1S/C24H32N4O3/c1-15-25-23(27-26-15)12-24(30)28-13-18-10-21(29)22(11-19(18)14-28)31-20-8-6-17(7-9-20)16-4-2-3-5-16/h6-9,16,18-19,21-22,29H,2-5,10-14H2,1H3,(H,25,26,27)/t18-,19+,21+,22+/m0/s1. The van der Waals surface area contributed by atoms with Gasteiger partial charge in [0.2, 0.25) is 5.91 Å². The lowest BCUT2D eigenvalue weighted by atomic mass is 9.78. The van der Waals surface area contributed by atoms with Crippen LogP contribution in [0.1, 0.15) is 61.7 Å². The van der Waals surface area contributed by atoms with E-state index < -0.39 is 6.10 Å². The number of carbonyl (C=O) groups excluding carboxylic acids is 1. The number of likely N-dealkylation sites (tertiary alicyclic amines) is 1. The highest BCUT2D eigenvalue weighted by Crippen LogP contribution is 2.39. The van der Waals surface area contributed by atoms with Crippen molar-refractivity contribution in [3.63, 3.8) is 0 Å². The molecule has 0 spiro atoms. The van der Waals surface area contributed by atoms with Crippen LogP contribution in [0.25, 0.3) is 0 Å². The van der Waals surface area contributed by atoms with Crippen molar-refractivity contribution in [1.29, 1.82) is 0 Å². The maximum atomic E-state index is 12.7. The van der Waals surface area contributed by atoms with Gasteiger partial charge in [-0.2, -0.15) is 5.10 Å². The van der Waals surface area contributed by atoms with Crippen molar-refractivity contribution < 1.29 is 14.6 Å². The molecule has 2 aromatic rings. The predicted molar refractivity (Wildman–Crippen MR) is 116 cm³/mol. The third kappa shape index (κ3) is 4.47. The SMILES string of the molecule is Cc1nc(CC(=O)N2C[C@H]3C[C@@H](Oc4ccc(C5CCCC5)cc4)[C@H](O)C[C@H]3C2)n[nH]1. The zero-order chi connectivity index (χ0) is 21.4. The highest BCUT2D eigenvalue weighted by molar-refractivity contribution is 5.78. The van der Waals surface area contributed by atoms with Crippen molar-refractivity contribution in [2.45, 2.75) is 70.0 Å². The van der Waals surface area contributed by atoms with E-state index in [4.69, 9.17) is 4.74 Å². The van der Waals surface area contributed by atoms with E-state index in [9.17, 15) is 9.90 Å². The summed E-state index contributed by atoms with van der Waals surface area (Å²) < 4.78 is 6.21. The number of aromatic amines is 1. The average molecular weight is 425 g/mol. The smallest absolute Gasteiger partial charge is 0.230 e. The first-order valence-corrected chi connectivity index (χ1v) is 11.7. The Morgan fingerprint density at radius 2 is 1.87 bits per heavy atom. The fraction of sp³-hybridized carbons (Fsp3) is 0.625. The number of amides is 1. The number of fused-ring (bicyclic) bond motifs is 1. The lowest BCUT2D eigenvalue weighted by Crippen LogP contribution is -2.42. The molecule has 2 saturated carbocycles. The molecule has 2 N–H and O–H groups in total. The summed E-state index contributed by atoms with van der Waals surface area (Å²) in [4.78, 5) is 18.9. The molecule has 2 aliphatic carbocycles. The van der Waals surface area contributed by atoms with E-state index in [0.717, 1.165) is 24.5 Å². The number of H-pyrrole nitrogens is 1. The number of aromatic nitrogens is 3. The van der Waals surface area contributed by atoms with E-state index in [1.165, 1.54) is 31.2 Å². The summed E-state index contributed by atoms with van der Waals surface area (Å²) in [5, 5.41) is 17.6. The second kappa shape index (κ2) is 8.61. The van der Waals surface area contributed by atoms with Crippen LogP contribution in [-0.2, 0) is 11.2 Å². The molecule has 31 heavy (non-hydrogen) atoms. The summed E-state index contributed by atoms with van der Waals surface area (Å²) in [7, 11) is 0. The second-order valence-electron chi connectivity index (χ2n) is 9.58. The molecule has 3 aliphatic rings. The number of benzene rings is 1. The predicted octanol–water partition coefficient (Wildman–Crippen LogP) is 2.99. The monoisotopic (exact) mass is 424 g/mol. The fourth-order valence-corrected chi connectivity index (χ4v) is 5.69. The van der Waals surface area contributed by atoms with Crippen LogP contribution in [0.2, 0.25) is 0 Å². The molecule has 2 heterocycles. The molecule has 1 aliphatic heterocycles. The van der Waals surface area contributed by atoms with Crippen LogP contribution in [0.5, 0.6) is 5.75 Å². The first-order valence-electron chi connectivity index (χ1n) is 11.7. The summed E-state index contributed by atoms with van der Waals surface area (Å²) >= 11 is 0. The summed E-state index contributed by atoms with van der Waals surface area (Å²) in [5.41, 5.74) is 1.40. The molecular formula is C24H32N4O3. The van der Waals surface area contributed by atoms with Crippen molar-refractivity contribution in [2.75, 3.05) is 13.1 Å². The van der Waals surface area contributed by atoms with Crippen molar-refractivity contribution >= 4 is 5.91 Å². The summed E-state index contributed by atoms with van der Waals surface area (Å²) in [5.74, 6) is 3.54. The number of hydrogen-bond donors (Lipinski definition) is 2. The van der Waals surface area contributed by atoms with Crippen LogP contribution in [0.15, 0.2) is 24.3 Å². The quantitative estimate of drug-likeness (QED) is 0.770. The third-order valence-corrected chi connectivity index (χ3v) is 7.38. The summed E-state index contributed by atoms with van der Waals surface area (Å²) in [6.07, 6.45) is 6.20. The Morgan fingerprint density at radius 1 is 1.16 bits per heavy atom. The maximum absolute atomic E-state index is 12.7. The van der Waals surface area contributed by atoms with Crippen LogP contribution in [-0.4, -0.2) is 56.4 Å². The molecule has 0 unspecified atom stereocenters. The molecule has 0 bridgehead atoms. The molecule has 1 saturated heterocycles. The molecule has 1 aromatic carbocycles. The summed E-state index contributed by atoms with van der Waals surface area (Å²) in [6.45, 7) is 3.25. The molecule has 166 valence electrons. The number of carbonyl (C=O) groups is 1. The fourth-order valence-electron chi connectivity index (χ4n) is 5.69. The number of rotatable bonds is 5. The van der Waals surface area contributed by atoms with Gasteiger partial charge >= 0.3 is 0 Å². The first kappa shape index (κ1) is 20.5. The number of aryl methyl sites for hydroxylation is 1. The number of nitrogens with zero attached hydrogens (tertiary/aromatic N) is 3. The van der Waals surface area contributed by atoms with Gasteiger partial charge in [-0.1, -0.05) is 25.0 Å². The number of ether oxygens (including phenoxy) is 1. The molecule has 1 aromatic heterocycles. The maximum Gasteiger partial charge on any atom is 0.230 e. The van der Waals surface area contributed by atoms with E-state index in [0.29, 0.717) is 36.5 Å². The van der Waals surface area contributed by atoms with Gasteiger partial charge in [-0.15, -0.1) is 0 Å². The molecule has 0 radical (unpaired) electrons. The van der Waals surface area contributed by atoms with Gasteiger partial charge in [0, 0.05) is 13.1 Å². The van der Waals surface area contributed by atoms with Crippen molar-refractivity contribution in [1.82, 2.24) is 20.1 Å². The summed E-state index contributed by atoms with van der Waals surface area (Å²) in [6, 6.07) is 8.47. The number of nitrogens with one attached hydrogen (secondary N) is 1. The molecule has 4 atom stereocenters. The van der Waals surface area contributed by atoms with Crippen molar-refractivity contribution in [3.05, 3.63) is 41.5 Å². The van der Waals surface area contributed by atoms with Gasteiger partial charge in [-0.3, -0.25) is 9.89 Å². The van der Waals surface area contributed by atoms with Gasteiger partial charge in [-0.25, -0.2) is 4.98 Å². The van der Waals surface area contributed by atoms with Crippen molar-refractivity contribution in [3.8, 4) is 5.75 Å².